The third-order valence-corrected chi connectivity index (χ3v) is 3.81. The average Bonchev–Trinajstić information content (AvgIpc) is 2.51. The number of aromatic nitrogens is 1. The van der Waals surface area contributed by atoms with Crippen molar-refractivity contribution in [2.24, 2.45) is 11.8 Å². The van der Waals surface area contributed by atoms with Crippen LogP contribution in [-0.4, -0.2) is 40.1 Å². The number of carboxylic acids is 1. The number of hydrogen-bond acceptors (Lipinski definition) is 3. The lowest BCUT2D eigenvalue weighted by Crippen LogP contribution is -2.49. The number of aliphatic carboxylic acids is 1. The molecule has 1 aliphatic rings. The zero-order valence-corrected chi connectivity index (χ0v) is 13.0. The van der Waals surface area contributed by atoms with Crippen molar-refractivity contribution in [1.29, 1.82) is 0 Å². The van der Waals surface area contributed by atoms with E-state index < -0.39 is 29.8 Å². The van der Waals surface area contributed by atoms with Crippen molar-refractivity contribution >= 4 is 12.0 Å². The van der Waals surface area contributed by atoms with Gasteiger partial charge >= 0.3 is 18.2 Å². The zero-order valence-electron chi connectivity index (χ0n) is 13.0. The quantitative estimate of drug-likeness (QED) is 0.881. The van der Waals surface area contributed by atoms with E-state index in [1.807, 2.05) is 6.92 Å². The van der Waals surface area contributed by atoms with Crippen LogP contribution in [0.5, 0.6) is 0 Å². The third kappa shape index (κ3) is 4.59. The lowest BCUT2D eigenvalue weighted by atomic mass is 9.91. The highest BCUT2D eigenvalue weighted by Gasteiger charge is 2.33. The number of carbonyl (C=O) groups is 2. The maximum atomic E-state index is 12.6. The number of rotatable bonds is 3. The van der Waals surface area contributed by atoms with Gasteiger partial charge < -0.3 is 15.3 Å². The topological polar surface area (TPSA) is 82.5 Å². The molecule has 0 saturated carbocycles. The number of alkyl halides is 3. The first kappa shape index (κ1) is 18.0. The Morgan fingerprint density at radius 3 is 2.71 bits per heavy atom. The van der Waals surface area contributed by atoms with Gasteiger partial charge in [0.2, 0.25) is 0 Å². The number of pyridine rings is 1. The van der Waals surface area contributed by atoms with E-state index >= 15 is 0 Å². The number of nitrogens with one attached hydrogen (secondary N) is 1. The molecular weight excluding hydrogens is 327 g/mol. The number of carboxylic acid groups (broad SMARTS) is 1. The molecule has 132 valence electrons. The van der Waals surface area contributed by atoms with E-state index in [0.29, 0.717) is 13.0 Å². The molecule has 2 atom stereocenters. The van der Waals surface area contributed by atoms with Gasteiger partial charge in [-0.05, 0) is 24.5 Å². The molecule has 1 saturated heterocycles. The van der Waals surface area contributed by atoms with Gasteiger partial charge in [0.1, 0.15) is 5.69 Å². The molecule has 2 rings (SSSR count). The van der Waals surface area contributed by atoms with Gasteiger partial charge in [-0.25, -0.2) is 9.78 Å². The number of piperidine rings is 1. The lowest BCUT2D eigenvalue weighted by molar-refractivity contribution is -0.144. The molecule has 0 aliphatic carbocycles. The van der Waals surface area contributed by atoms with Crippen LogP contribution in [0.1, 0.15) is 24.7 Å². The minimum atomic E-state index is -4.54. The van der Waals surface area contributed by atoms with Gasteiger partial charge in [0.25, 0.3) is 0 Å². The summed E-state index contributed by atoms with van der Waals surface area (Å²) in [4.78, 5) is 28.1. The number of likely N-dealkylation sites (tertiary alicyclic amines) is 1. The number of carbonyl (C=O) groups excluding carboxylic acids is 1. The molecule has 24 heavy (non-hydrogen) atoms. The van der Waals surface area contributed by atoms with Crippen LogP contribution in [0.2, 0.25) is 0 Å². The number of amides is 2. The molecule has 0 spiro atoms. The number of hydrogen-bond donors (Lipinski definition) is 2. The number of nitrogens with zero attached hydrogens (tertiary/aromatic N) is 2. The van der Waals surface area contributed by atoms with E-state index in [1.54, 1.807) is 0 Å². The van der Waals surface area contributed by atoms with Gasteiger partial charge in [0, 0.05) is 13.1 Å². The standard InChI is InChI=1S/C15H18F3N3O3/c1-9-5-10(13(22)23)8-21(7-9)14(24)19-6-11-3-2-4-12(20-11)15(16,17)18/h2-4,9-10H,5-8H2,1H3,(H,19,24)(H,22,23)/t9-,10+/m1/s1. The van der Waals surface area contributed by atoms with E-state index in [9.17, 15) is 22.8 Å². The summed E-state index contributed by atoms with van der Waals surface area (Å²) in [7, 11) is 0. The molecule has 0 radical (unpaired) electrons. The summed E-state index contributed by atoms with van der Waals surface area (Å²) < 4.78 is 37.8. The summed E-state index contributed by atoms with van der Waals surface area (Å²) in [6.45, 7) is 2.18. The fourth-order valence-electron chi connectivity index (χ4n) is 2.71. The second kappa shape index (κ2) is 7.06. The van der Waals surface area contributed by atoms with Crippen LogP contribution in [-0.2, 0) is 17.5 Å². The highest BCUT2D eigenvalue weighted by molar-refractivity contribution is 5.76. The lowest BCUT2D eigenvalue weighted by Gasteiger charge is -2.34. The largest absolute Gasteiger partial charge is 0.481 e. The molecule has 0 aromatic carbocycles. The summed E-state index contributed by atoms with van der Waals surface area (Å²) in [6, 6.07) is 2.96. The van der Waals surface area contributed by atoms with Gasteiger partial charge in [0.05, 0.1) is 18.2 Å². The summed E-state index contributed by atoms with van der Waals surface area (Å²) >= 11 is 0. The molecule has 1 aromatic heterocycles. The Balaban J connectivity index is 1.97. The van der Waals surface area contributed by atoms with Crippen molar-refractivity contribution in [3.63, 3.8) is 0 Å². The van der Waals surface area contributed by atoms with Gasteiger partial charge in [-0.3, -0.25) is 4.79 Å². The third-order valence-electron chi connectivity index (χ3n) is 3.81. The monoisotopic (exact) mass is 345 g/mol. The van der Waals surface area contributed by atoms with Crippen molar-refractivity contribution in [3.05, 3.63) is 29.6 Å². The molecular formula is C15H18F3N3O3. The predicted octanol–water partition coefficient (Wildman–Crippen LogP) is 2.35. The first-order chi connectivity index (χ1) is 11.2. The van der Waals surface area contributed by atoms with E-state index in [0.717, 1.165) is 6.07 Å². The summed E-state index contributed by atoms with van der Waals surface area (Å²) in [6.07, 6.45) is -4.05. The SMILES string of the molecule is C[C@@H]1C[C@H](C(=O)O)CN(C(=O)NCc2cccc(C(F)(F)F)n2)C1. The van der Waals surface area contributed by atoms with Crippen molar-refractivity contribution in [2.75, 3.05) is 13.1 Å². The van der Waals surface area contributed by atoms with Crippen molar-refractivity contribution in [2.45, 2.75) is 26.1 Å². The van der Waals surface area contributed by atoms with E-state index in [2.05, 4.69) is 10.3 Å². The zero-order chi connectivity index (χ0) is 17.9. The Bertz CT molecular complexity index is 621. The fraction of sp³-hybridized carbons (Fsp3) is 0.533. The van der Waals surface area contributed by atoms with Crippen molar-refractivity contribution < 1.29 is 27.9 Å². The van der Waals surface area contributed by atoms with E-state index in [-0.39, 0.29) is 24.7 Å². The van der Waals surface area contributed by atoms with E-state index in [1.165, 1.54) is 17.0 Å². The first-order valence-electron chi connectivity index (χ1n) is 7.45. The highest BCUT2D eigenvalue weighted by atomic mass is 19.4. The molecule has 9 heteroatoms. The molecule has 1 aromatic rings. The molecule has 0 unspecified atom stereocenters. The summed E-state index contributed by atoms with van der Waals surface area (Å²) in [5, 5.41) is 11.6. The Hall–Kier alpha value is -2.32. The maximum absolute atomic E-state index is 12.6. The second-order valence-corrected chi connectivity index (χ2v) is 5.95. The fourth-order valence-corrected chi connectivity index (χ4v) is 2.71. The van der Waals surface area contributed by atoms with Crippen LogP contribution in [0.25, 0.3) is 0 Å². The first-order valence-corrected chi connectivity index (χ1v) is 7.45. The normalized spacial score (nSPS) is 21.4. The van der Waals surface area contributed by atoms with Crippen LogP contribution in [0.3, 0.4) is 0 Å². The molecule has 2 N–H and O–H groups in total. The molecule has 0 bridgehead atoms. The highest BCUT2D eigenvalue weighted by Crippen LogP contribution is 2.27. The Kier molecular flexibility index (Phi) is 5.30. The second-order valence-electron chi connectivity index (χ2n) is 5.95. The minimum Gasteiger partial charge on any atom is -0.481 e. The van der Waals surface area contributed by atoms with Gasteiger partial charge in [-0.15, -0.1) is 0 Å². The van der Waals surface area contributed by atoms with Crippen LogP contribution in [0.15, 0.2) is 18.2 Å². The molecule has 2 amide bonds. The molecule has 6 nitrogen and oxygen atoms in total. The van der Waals surface area contributed by atoms with Gasteiger partial charge in [0.15, 0.2) is 0 Å². The Morgan fingerprint density at radius 2 is 2.08 bits per heavy atom. The van der Waals surface area contributed by atoms with E-state index in [4.69, 9.17) is 5.11 Å². The average molecular weight is 345 g/mol. The number of halogens is 3. The van der Waals surface area contributed by atoms with Crippen LogP contribution in [0, 0.1) is 11.8 Å². The van der Waals surface area contributed by atoms with Gasteiger partial charge in [-0.1, -0.05) is 13.0 Å². The Labute approximate surface area is 136 Å². The Morgan fingerprint density at radius 1 is 1.38 bits per heavy atom. The minimum absolute atomic E-state index is 0.0392. The summed E-state index contributed by atoms with van der Waals surface area (Å²) in [5.41, 5.74) is -0.940. The van der Waals surface area contributed by atoms with Crippen LogP contribution >= 0.6 is 0 Å². The van der Waals surface area contributed by atoms with Crippen molar-refractivity contribution in [1.82, 2.24) is 15.2 Å². The van der Waals surface area contributed by atoms with Gasteiger partial charge in [-0.2, -0.15) is 13.2 Å². The molecule has 1 aliphatic heterocycles. The molecule has 1 fully saturated rings. The van der Waals surface area contributed by atoms with Crippen LogP contribution in [0.4, 0.5) is 18.0 Å². The smallest absolute Gasteiger partial charge is 0.433 e. The maximum Gasteiger partial charge on any atom is 0.433 e. The number of urea groups is 1. The molecule has 2 heterocycles. The van der Waals surface area contributed by atoms with Crippen LogP contribution < -0.4 is 5.32 Å². The predicted molar refractivity (Wildman–Crippen MR) is 78.0 cm³/mol. The van der Waals surface area contributed by atoms with Crippen molar-refractivity contribution in [3.8, 4) is 0 Å². The summed E-state index contributed by atoms with van der Waals surface area (Å²) in [5.74, 6) is -1.55.